The molecule has 3 rings (SSSR count). The number of carbonyl (C=O) groups excluding carboxylic acids is 1. The third-order valence-corrected chi connectivity index (χ3v) is 5.59. The van der Waals surface area contributed by atoms with Crippen molar-refractivity contribution in [3.63, 3.8) is 0 Å². The molecule has 2 saturated heterocycles. The van der Waals surface area contributed by atoms with Crippen molar-refractivity contribution in [2.75, 3.05) is 31.6 Å². The first-order chi connectivity index (χ1) is 13.5. The number of anilines is 1. The molecule has 2 fully saturated rings. The third-order valence-electron chi connectivity index (χ3n) is 5.59. The van der Waals surface area contributed by atoms with Crippen LogP contribution in [-0.4, -0.2) is 70.0 Å². The van der Waals surface area contributed by atoms with Crippen molar-refractivity contribution in [2.24, 2.45) is 0 Å². The van der Waals surface area contributed by atoms with E-state index in [4.69, 9.17) is 9.47 Å². The fourth-order valence-corrected chi connectivity index (χ4v) is 4.11. The summed E-state index contributed by atoms with van der Waals surface area (Å²) in [4.78, 5) is 22.3. The van der Waals surface area contributed by atoms with Gasteiger partial charge in [0.15, 0.2) is 0 Å². The normalized spacial score (nSPS) is 24.8. The summed E-state index contributed by atoms with van der Waals surface area (Å²) in [6.45, 7) is 6.98. The van der Waals surface area contributed by atoms with Gasteiger partial charge in [0, 0.05) is 44.0 Å². The summed E-state index contributed by atoms with van der Waals surface area (Å²) in [6.07, 6.45) is 7.87. The summed E-state index contributed by atoms with van der Waals surface area (Å²) < 4.78 is 11.2. The molecule has 0 bridgehead atoms. The molecule has 1 spiro atoms. The Morgan fingerprint density at radius 2 is 2.07 bits per heavy atom. The number of nitrogens with zero attached hydrogens (tertiary/aromatic N) is 3. The van der Waals surface area contributed by atoms with Crippen LogP contribution in [0.3, 0.4) is 0 Å². The standard InChI is InChI=1S/C20H32N4O4/c1-3-17-9-16(25)10-20(28-17)5-7-24(8-6-20)14-15-11-21-19(22-12-15)23-13-18(26)27-4-2/h11-12,16-17,25H,3-10,13-14H2,1-2H3,(H,21,22,23)/t16-,17+/m1/s1. The zero-order valence-corrected chi connectivity index (χ0v) is 16.9. The molecule has 2 aliphatic rings. The van der Waals surface area contributed by atoms with Crippen LogP contribution in [0.4, 0.5) is 5.95 Å². The maximum absolute atomic E-state index is 11.4. The zero-order chi connectivity index (χ0) is 20.0. The number of nitrogens with one attached hydrogen (secondary N) is 1. The quantitative estimate of drug-likeness (QED) is 0.678. The van der Waals surface area contributed by atoms with E-state index >= 15 is 0 Å². The lowest BCUT2D eigenvalue weighted by Gasteiger charge is -2.48. The third kappa shape index (κ3) is 5.62. The van der Waals surface area contributed by atoms with E-state index in [9.17, 15) is 9.90 Å². The second-order valence-corrected chi connectivity index (χ2v) is 7.77. The largest absolute Gasteiger partial charge is 0.465 e. The number of likely N-dealkylation sites (tertiary alicyclic amines) is 1. The predicted molar refractivity (Wildman–Crippen MR) is 105 cm³/mol. The number of hydrogen-bond acceptors (Lipinski definition) is 8. The lowest BCUT2D eigenvalue weighted by atomic mass is 9.81. The summed E-state index contributed by atoms with van der Waals surface area (Å²) in [5.74, 6) is 0.0994. The van der Waals surface area contributed by atoms with Crippen molar-refractivity contribution in [2.45, 2.75) is 70.3 Å². The zero-order valence-electron chi connectivity index (χ0n) is 16.9. The lowest BCUT2D eigenvalue weighted by Crippen LogP contribution is -2.52. The summed E-state index contributed by atoms with van der Waals surface area (Å²) in [5, 5.41) is 13.1. The fraction of sp³-hybridized carbons (Fsp3) is 0.750. The molecule has 3 heterocycles. The van der Waals surface area contributed by atoms with Crippen molar-refractivity contribution >= 4 is 11.9 Å². The Balaban J connectivity index is 1.46. The number of piperidine rings is 1. The Kier molecular flexibility index (Phi) is 7.20. The Morgan fingerprint density at radius 3 is 2.71 bits per heavy atom. The van der Waals surface area contributed by atoms with E-state index < -0.39 is 0 Å². The van der Waals surface area contributed by atoms with Gasteiger partial charge in [0.25, 0.3) is 0 Å². The van der Waals surface area contributed by atoms with Crippen molar-refractivity contribution in [1.29, 1.82) is 0 Å². The summed E-state index contributed by atoms with van der Waals surface area (Å²) in [5.41, 5.74) is 0.875. The monoisotopic (exact) mass is 392 g/mol. The van der Waals surface area contributed by atoms with Gasteiger partial charge in [-0.1, -0.05) is 6.92 Å². The molecule has 2 atom stereocenters. The molecule has 0 aromatic carbocycles. The summed E-state index contributed by atoms with van der Waals surface area (Å²) in [7, 11) is 0. The molecule has 8 nitrogen and oxygen atoms in total. The Labute approximate surface area is 166 Å². The molecule has 0 unspecified atom stereocenters. The van der Waals surface area contributed by atoms with Crippen LogP contribution in [0.5, 0.6) is 0 Å². The van der Waals surface area contributed by atoms with Gasteiger partial charge in [-0.3, -0.25) is 9.69 Å². The molecule has 2 aliphatic heterocycles. The van der Waals surface area contributed by atoms with Gasteiger partial charge in [-0.2, -0.15) is 0 Å². The molecule has 0 aliphatic carbocycles. The van der Waals surface area contributed by atoms with Crippen LogP contribution in [0.1, 0.15) is 51.5 Å². The van der Waals surface area contributed by atoms with Crippen molar-refractivity contribution in [3.05, 3.63) is 18.0 Å². The highest BCUT2D eigenvalue weighted by Gasteiger charge is 2.42. The van der Waals surface area contributed by atoms with E-state index in [2.05, 4.69) is 27.1 Å². The molecule has 1 aromatic rings. The van der Waals surface area contributed by atoms with Gasteiger partial charge in [0.2, 0.25) is 5.95 Å². The molecule has 28 heavy (non-hydrogen) atoms. The first-order valence-corrected chi connectivity index (χ1v) is 10.3. The molecule has 1 aromatic heterocycles. The van der Waals surface area contributed by atoms with Crippen LogP contribution in [0.15, 0.2) is 12.4 Å². The highest BCUT2D eigenvalue weighted by Crippen LogP contribution is 2.38. The van der Waals surface area contributed by atoms with Crippen LogP contribution in [0.2, 0.25) is 0 Å². The highest BCUT2D eigenvalue weighted by atomic mass is 16.5. The Morgan fingerprint density at radius 1 is 1.36 bits per heavy atom. The minimum absolute atomic E-state index is 0.0615. The first kappa shape index (κ1) is 21.0. The second kappa shape index (κ2) is 9.62. The SMILES string of the molecule is CCOC(=O)CNc1ncc(CN2CCC3(CC2)C[C@H](O)C[C@H](CC)O3)cn1. The molecule has 0 radical (unpaired) electrons. The van der Waals surface area contributed by atoms with Gasteiger partial charge >= 0.3 is 5.97 Å². The molecular formula is C20H32N4O4. The number of aromatic nitrogens is 2. The smallest absolute Gasteiger partial charge is 0.325 e. The molecular weight excluding hydrogens is 360 g/mol. The van der Waals surface area contributed by atoms with Crippen LogP contribution in [0.25, 0.3) is 0 Å². The minimum Gasteiger partial charge on any atom is -0.465 e. The van der Waals surface area contributed by atoms with E-state index in [-0.39, 0.29) is 30.3 Å². The van der Waals surface area contributed by atoms with Crippen molar-refractivity contribution in [1.82, 2.24) is 14.9 Å². The molecule has 2 N–H and O–H groups in total. The van der Waals surface area contributed by atoms with E-state index in [1.807, 2.05) is 0 Å². The van der Waals surface area contributed by atoms with Gasteiger partial charge < -0.3 is 19.9 Å². The van der Waals surface area contributed by atoms with Crippen LogP contribution in [-0.2, 0) is 20.8 Å². The van der Waals surface area contributed by atoms with Gasteiger partial charge in [-0.25, -0.2) is 9.97 Å². The van der Waals surface area contributed by atoms with Crippen LogP contribution in [0, 0.1) is 0 Å². The predicted octanol–water partition coefficient (Wildman–Crippen LogP) is 1.74. The minimum atomic E-state index is -0.321. The fourth-order valence-electron chi connectivity index (χ4n) is 4.11. The van der Waals surface area contributed by atoms with E-state index in [0.717, 1.165) is 57.3 Å². The first-order valence-electron chi connectivity index (χ1n) is 10.3. The van der Waals surface area contributed by atoms with Gasteiger partial charge in [0.1, 0.15) is 6.54 Å². The average Bonchev–Trinajstić information content (AvgIpc) is 2.69. The lowest BCUT2D eigenvalue weighted by molar-refractivity contribution is -0.182. The molecule has 0 amide bonds. The second-order valence-electron chi connectivity index (χ2n) is 7.77. The number of rotatable bonds is 7. The maximum atomic E-state index is 11.4. The number of aliphatic hydroxyl groups excluding tert-OH is 1. The van der Waals surface area contributed by atoms with E-state index in [0.29, 0.717) is 12.6 Å². The van der Waals surface area contributed by atoms with Gasteiger partial charge in [-0.15, -0.1) is 0 Å². The van der Waals surface area contributed by atoms with Crippen LogP contribution >= 0.6 is 0 Å². The van der Waals surface area contributed by atoms with Crippen molar-refractivity contribution in [3.8, 4) is 0 Å². The number of ether oxygens (including phenoxy) is 2. The van der Waals surface area contributed by atoms with Gasteiger partial charge in [-0.05, 0) is 32.6 Å². The highest BCUT2D eigenvalue weighted by molar-refractivity contribution is 5.74. The summed E-state index contributed by atoms with van der Waals surface area (Å²) >= 11 is 0. The topological polar surface area (TPSA) is 96.8 Å². The number of hydrogen-bond donors (Lipinski definition) is 2. The maximum Gasteiger partial charge on any atom is 0.325 e. The van der Waals surface area contributed by atoms with Crippen LogP contribution < -0.4 is 5.32 Å². The number of aliphatic hydroxyl groups is 1. The average molecular weight is 393 g/mol. The molecule has 156 valence electrons. The Bertz CT molecular complexity index is 632. The molecule has 0 saturated carbocycles. The molecule has 8 heteroatoms. The van der Waals surface area contributed by atoms with E-state index in [1.165, 1.54) is 0 Å². The van der Waals surface area contributed by atoms with Crippen molar-refractivity contribution < 1.29 is 19.4 Å². The Hall–Kier alpha value is -1.77. The van der Waals surface area contributed by atoms with Gasteiger partial charge in [0.05, 0.1) is 24.4 Å². The van der Waals surface area contributed by atoms with E-state index in [1.54, 1.807) is 19.3 Å². The number of esters is 1. The summed E-state index contributed by atoms with van der Waals surface area (Å²) in [6, 6.07) is 0. The number of carbonyl (C=O) groups is 1.